The van der Waals surface area contributed by atoms with Crippen LogP contribution in [-0.4, -0.2) is 15.4 Å². The Bertz CT molecular complexity index is 402. The van der Waals surface area contributed by atoms with Crippen LogP contribution in [-0.2, 0) is 4.79 Å². The molecule has 0 bridgehead atoms. The predicted molar refractivity (Wildman–Crippen MR) is 67.5 cm³/mol. The van der Waals surface area contributed by atoms with Crippen LogP contribution in [0.25, 0.3) is 0 Å². The summed E-state index contributed by atoms with van der Waals surface area (Å²) in [6.07, 6.45) is 0. The zero-order valence-electron chi connectivity index (χ0n) is 7.45. The van der Waals surface area contributed by atoms with Crippen molar-refractivity contribution in [2.45, 2.75) is 10.3 Å². The summed E-state index contributed by atoms with van der Waals surface area (Å²) < 4.78 is -0.0582. The topological polar surface area (TPSA) is 37.3 Å². The molecule has 0 amide bonds. The molecule has 1 fully saturated rings. The number of carboxylic acid groups (broad SMARTS) is 1. The number of rotatable bonds is 2. The molecule has 0 aliphatic heterocycles. The minimum atomic E-state index is -1.15. The fourth-order valence-electron chi connectivity index (χ4n) is 1.72. The van der Waals surface area contributed by atoms with E-state index in [1.54, 1.807) is 0 Å². The predicted octanol–water partition coefficient (Wildman–Crippen LogP) is 3.26. The Balaban J connectivity index is 2.27. The lowest BCUT2D eigenvalue weighted by molar-refractivity contribution is -0.138. The molecule has 0 spiro atoms. The van der Waals surface area contributed by atoms with Crippen LogP contribution in [0.1, 0.15) is 11.5 Å². The SMILES string of the molecule is O=C(O)[C@H]1[C@H](c2ccc(I)cc2)C1(Cl)Cl. The maximum Gasteiger partial charge on any atom is 0.310 e. The van der Waals surface area contributed by atoms with Crippen LogP contribution < -0.4 is 0 Å². The van der Waals surface area contributed by atoms with Crippen molar-refractivity contribution in [3.8, 4) is 0 Å². The smallest absolute Gasteiger partial charge is 0.310 e. The highest BCUT2D eigenvalue weighted by molar-refractivity contribution is 14.1. The first-order valence-corrected chi connectivity index (χ1v) is 6.14. The number of carboxylic acids is 1. The third kappa shape index (κ3) is 1.97. The third-order valence-electron chi connectivity index (χ3n) is 2.55. The van der Waals surface area contributed by atoms with Crippen LogP contribution in [0.3, 0.4) is 0 Å². The average molecular weight is 357 g/mol. The number of hydrogen-bond donors (Lipinski definition) is 1. The normalized spacial score (nSPS) is 27.4. The average Bonchev–Trinajstić information content (AvgIpc) is 2.70. The Morgan fingerprint density at radius 1 is 1.33 bits per heavy atom. The van der Waals surface area contributed by atoms with E-state index in [1.165, 1.54) is 0 Å². The standard InChI is InChI=1S/C10H7Cl2IO2/c11-10(12)7(8(10)9(14)15)5-1-3-6(13)4-2-5/h1-4,7-8H,(H,14,15)/t7-,8+/m0/s1. The Labute approximate surface area is 111 Å². The van der Waals surface area contributed by atoms with Crippen molar-refractivity contribution in [3.05, 3.63) is 33.4 Å². The van der Waals surface area contributed by atoms with Crippen molar-refractivity contribution in [2.24, 2.45) is 5.92 Å². The lowest BCUT2D eigenvalue weighted by atomic mass is 10.1. The number of hydrogen-bond acceptors (Lipinski definition) is 1. The van der Waals surface area contributed by atoms with Crippen LogP contribution in [0.4, 0.5) is 0 Å². The third-order valence-corrected chi connectivity index (χ3v) is 4.21. The minimum absolute atomic E-state index is 0.296. The summed E-state index contributed by atoms with van der Waals surface area (Å²) in [4.78, 5) is 10.9. The van der Waals surface area contributed by atoms with Gasteiger partial charge in [-0.2, -0.15) is 0 Å². The molecule has 1 saturated carbocycles. The van der Waals surface area contributed by atoms with Crippen LogP contribution in [0, 0.1) is 9.49 Å². The summed E-state index contributed by atoms with van der Waals surface area (Å²) in [5.74, 6) is -1.93. The maximum atomic E-state index is 10.9. The molecule has 1 aliphatic rings. The molecular weight excluding hydrogens is 350 g/mol. The van der Waals surface area contributed by atoms with E-state index >= 15 is 0 Å². The van der Waals surface area contributed by atoms with E-state index in [-0.39, 0.29) is 5.92 Å². The highest BCUT2D eigenvalue weighted by Gasteiger charge is 2.68. The van der Waals surface area contributed by atoms with E-state index < -0.39 is 16.2 Å². The molecule has 0 aromatic heterocycles. The molecule has 5 heteroatoms. The summed E-state index contributed by atoms with van der Waals surface area (Å²) >= 11 is 14.0. The van der Waals surface area contributed by atoms with Gasteiger partial charge in [-0.15, -0.1) is 0 Å². The van der Waals surface area contributed by atoms with Crippen LogP contribution >= 0.6 is 45.8 Å². The second-order valence-electron chi connectivity index (χ2n) is 3.52. The van der Waals surface area contributed by atoms with Crippen molar-refractivity contribution in [1.29, 1.82) is 0 Å². The Morgan fingerprint density at radius 3 is 2.27 bits per heavy atom. The summed E-state index contributed by atoms with van der Waals surface area (Å²) in [6, 6.07) is 7.57. The molecule has 1 aromatic carbocycles. The lowest BCUT2D eigenvalue weighted by Gasteiger charge is -1.99. The summed E-state index contributed by atoms with van der Waals surface area (Å²) in [6.45, 7) is 0. The molecule has 0 unspecified atom stereocenters. The van der Waals surface area contributed by atoms with Gasteiger partial charge in [0.25, 0.3) is 0 Å². The van der Waals surface area contributed by atoms with Gasteiger partial charge in [-0.3, -0.25) is 4.79 Å². The van der Waals surface area contributed by atoms with E-state index in [0.717, 1.165) is 9.13 Å². The van der Waals surface area contributed by atoms with E-state index in [0.29, 0.717) is 0 Å². The number of halogens is 3. The first-order chi connectivity index (χ1) is 6.94. The zero-order valence-corrected chi connectivity index (χ0v) is 11.1. The monoisotopic (exact) mass is 356 g/mol. The van der Waals surface area contributed by atoms with E-state index in [9.17, 15) is 4.79 Å². The van der Waals surface area contributed by atoms with Crippen LogP contribution in [0.2, 0.25) is 0 Å². The fraction of sp³-hybridized carbons (Fsp3) is 0.300. The Kier molecular flexibility index (Phi) is 2.90. The van der Waals surface area contributed by atoms with Crippen molar-refractivity contribution >= 4 is 51.8 Å². The van der Waals surface area contributed by atoms with Gasteiger partial charge >= 0.3 is 5.97 Å². The second kappa shape index (κ2) is 3.79. The van der Waals surface area contributed by atoms with E-state index in [1.807, 2.05) is 24.3 Å². The highest BCUT2D eigenvalue weighted by atomic mass is 127. The molecular formula is C10H7Cl2IO2. The minimum Gasteiger partial charge on any atom is -0.481 e. The van der Waals surface area contributed by atoms with Crippen molar-refractivity contribution in [2.75, 3.05) is 0 Å². The number of alkyl halides is 2. The molecule has 0 radical (unpaired) electrons. The molecule has 2 rings (SSSR count). The van der Waals surface area contributed by atoms with Gasteiger partial charge in [0.2, 0.25) is 0 Å². The number of benzene rings is 1. The van der Waals surface area contributed by atoms with Crippen molar-refractivity contribution < 1.29 is 9.90 Å². The molecule has 0 heterocycles. The zero-order chi connectivity index (χ0) is 11.2. The van der Waals surface area contributed by atoms with Gasteiger partial charge in [-0.1, -0.05) is 35.3 Å². The summed E-state index contributed by atoms with van der Waals surface area (Å²) in [5.41, 5.74) is 0.882. The van der Waals surface area contributed by atoms with Gasteiger partial charge in [-0.25, -0.2) is 0 Å². The molecule has 1 aromatic rings. The molecule has 15 heavy (non-hydrogen) atoms. The van der Waals surface area contributed by atoms with E-state index in [4.69, 9.17) is 28.3 Å². The highest BCUT2D eigenvalue weighted by Crippen LogP contribution is 2.64. The second-order valence-corrected chi connectivity index (χ2v) is 6.21. The van der Waals surface area contributed by atoms with Gasteiger partial charge in [0, 0.05) is 9.49 Å². The largest absolute Gasteiger partial charge is 0.481 e. The van der Waals surface area contributed by atoms with Crippen molar-refractivity contribution in [1.82, 2.24) is 0 Å². The van der Waals surface area contributed by atoms with Gasteiger partial charge < -0.3 is 5.11 Å². The van der Waals surface area contributed by atoms with Gasteiger partial charge in [0.1, 0.15) is 4.33 Å². The first-order valence-electron chi connectivity index (χ1n) is 4.30. The van der Waals surface area contributed by atoms with Gasteiger partial charge in [-0.05, 0) is 40.3 Å². The lowest BCUT2D eigenvalue weighted by Crippen LogP contribution is -2.03. The molecule has 1 N–H and O–H groups in total. The molecule has 1 aliphatic carbocycles. The molecule has 0 saturated heterocycles. The fourth-order valence-corrected chi connectivity index (χ4v) is 2.90. The summed E-state index contributed by atoms with van der Waals surface area (Å²) in [7, 11) is 0. The van der Waals surface area contributed by atoms with Crippen LogP contribution in [0.15, 0.2) is 24.3 Å². The summed E-state index contributed by atoms with van der Waals surface area (Å²) in [5, 5.41) is 8.90. The van der Waals surface area contributed by atoms with E-state index in [2.05, 4.69) is 22.6 Å². The maximum absolute atomic E-state index is 10.9. The van der Waals surface area contributed by atoms with Crippen molar-refractivity contribution in [3.63, 3.8) is 0 Å². The van der Waals surface area contributed by atoms with Gasteiger partial charge in [0.15, 0.2) is 0 Å². The molecule has 2 nitrogen and oxygen atoms in total. The number of carbonyl (C=O) groups is 1. The Hall–Kier alpha value is -0.000000000000000111. The van der Waals surface area contributed by atoms with Gasteiger partial charge in [0.05, 0.1) is 5.92 Å². The first kappa shape index (κ1) is 11.5. The quantitative estimate of drug-likeness (QED) is 0.652. The van der Waals surface area contributed by atoms with Crippen LogP contribution in [0.5, 0.6) is 0 Å². The number of aliphatic carboxylic acids is 1. The molecule has 2 atom stereocenters. The Morgan fingerprint density at radius 2 is 1.87 bits per heavy atom. The molecule has 80 valence electrons.